The summed E-state index contributed by atoms with van der Waals surface area (Å²) in [6, 6.07) is 0. The monoisotopic (exact) mass is 238 g/mol. The van der Waals surface area contributed by atoms with Gasteiger partial charge in [0.1, 0.15) is 0 Å². The Morgan fingerprint density at radius 3 is 1.62 bits per heavy atom. The Labute approximate surface area is 103 Å². The van der Waals surface area contributed by atoms with Crippen LogP contribution in [0.1, 0.15) is 0 Å². The van der Waals surface area contributed by atoms with Gasteiger partial charge in [0, 0.05) is 53.1 Å². The fourth-order valence-electron chi connectivity index (χ4n) is 0.440. The van der Waals surface area contributed by atoms with E-state index in [4.69, 9.17) is 23.6 Å². The van der Waals surface area contributed by atoms with Crippen LogP contribution in [0.3, 0.4) is 0 Å². The van der Waals surface area contributed by atoms with Crippen LogP contribution in [-0.4, -0.2) is 48.2 Å². The zero-order valence-electron chi connectivity index (χ0n) is 6.38. The first-order chi connectivity index (χ1) is 5.04. The zero-order chi connectivity index (χ0) is 8.59. The van der Waals surface area contributed by atoms with Crippen molar-refractivity contribution in [3.8, 4) is 0 Å². The third kappa shape index (κ3) is 2.97. The number of hydrogen-bond acceptors (Lipinski definition) is 3. The van der Waals surface area contributed by atoms with Crippen LogP contribution in [0.4, 0.5) is 0 Å². The van der Waals surface area contributed by atoms with Gasteiger partial charge in [-0.3, -0.25) is 4.98 Å². The van der Waals surface area contributed by atoms with Crippen LogP contribution in [0.25, 0.3) is 0 Å². The molecule has 0 aliphatic rings. The molecule has 1 heterocycles. The van der Waals surface area contributed by atoms with E-state index in [1.54, 1.807) is 4.98 Å². The van der Waals surface area contributed by atoms with Gasteiger partial charge in [0.15, 0.2) is 0 Å². The van der Waals surface area contributed by atoms with E-state index in [0.29, 0.717) is 0 Å². The van der Waals surface area contributed by atoms with E-state index in [0.717, 1.165) is 0 Å². The molecule has 1 aromatic rings. The van der Waals surface area contributed by atoms with Gasteiger partial charge in [0.2, 0.25) is 0 Å². The number of aromatic amines is 1. The quantitative estimate of drug-likeness (QED) is 0.505. The molecule has 0 bridgehead atoms. The normalized spacial score (nSPS) is 8.46. The van der Waals surface area contributed by atoms with Gasteiger partial charge >= 0.3 is 17.1 Å². The maximum atomic E-state index is 10.7. The second-order valence-corrected chi connectivity index (χ2v) is 2.26. The van der Waals surface area contributed by atoms with Crippen molar-refractivity contribution in [2.45, 2.75) is 0 Å². The van der Waals surface area contributed by atoms with Crippen molar-refractivity contribution < 1.29 is 5.48 Å². The molecular weight excluding hydrogens is 236 g/mol. The number of halogens is 2. The average Bonchev–Trinajstić information content (AvgIpc) is 1.97. The average molecular weight is 239 g/mol. The Bertz CT molecular complexity index is 410. The molecule has 3 N–H and O–H groups in total. The Balaban J connectivity index is 0. The van der Waals surface area contributed by atoms with Crippen molar-refractivity contribution in [2.24, 2.45) is 0 Å². The van der Waals surface area contributed by atoms with E-state index >= 15 is 0 Å². The molecule has 0 aliphatic carbocycles. The molecule has 0 aromatic carbocycles. The van der Waals surface area contributed by atoms with E-state index in [1.807, 2.05) is 0 Å². The summed E-state index contributed by atoms with van der Waals surface area (Å²) < 4.78 is 0.322. The molecule has 0 unspecified atom stereocenters. The van der Waals surface area contributed by atoms with Crippen molar-refractivity contribution in [1.29, 1.82) is 0 Å². The molecule has 0 atom stereocenters. The molecule has 0 aliphatic heterocycles. The van der Waals surface area contributed by atoms with Gasteiger partial charge in [-0.1, -0.05) is 0 Å². The summed E-state index contributed by atoms with van der Waals surface area (Å²) >= 11 is 10.1. The Kier molecular flexibility index (Phi) is 6.68. The molecule has 1 aromatic heterocycles. The Hall–Kier alpha value is -0.0500. The Morgan fingerprint density at radius 2 is 1.31 bits per heavy atom. The van der Waals surface area contributed by atoms with Crippen LogP contribution < -0.4 is 17.1 Å². The first-order valence-electron chi connectivity index (χ1n) is 2.34. The first-order valence-corrected chi connectivity index (χ1v) is 3.02. The van der Waals surface area contributed by atoms with E-state index in [1.165, 1.54) is 0 Å². The standard InChI is InChI=1S/C3HCl2N3O3.Na.H2O/c4-7-1(9)6-2(10)8(5)3(7)11;;/h(H,6,9,10);;1H2. The van der Waals surface area contributed by atoms with E-state index in [2.05, 4.69) is 0 Å². The summed E-state index contributed by atoms with van der Waals surface area (Å²) in [5.41, 5.74) is -3.13. The third-order valence-electron chi connectivity index (χ3n) is 0.906. The van der Waals surface area contributed by atoms with E-state index in [-0.39, 0.29) is 43.2 Å². The van der Waals surface area contributed by atoms with Crippen LogP contribution >= 0.6 is 23.6 Å². The summed E-state index contributed by atoms with van der Waals surface area (Å²) in [6.07, 6.45) is 0. The molecule has 0 fully saturated rings. The fourth-order valence-corrected chi connectivity index (χ4v) is 0.715. The van der Waals surface area contributed by atoms with Gasteiger partial charge in [0.25, 0.3) is 0 Å². The minimum atomic E-state index is -1.10. The van der Waals surface area contributed by atoms with Crippen LogP contribution in [0.5, 0.6) is 0 Å². The summed E-state index contributed by atoms with van der Waals surface area (Å²) in [5, 5.41) is 0. The van der Waals surface area contributed by atoms with Gasteiger partial charge in [-0.05, 0) is 0 Å². The van der Waals surface area contributed by atoms with Crippen molar-refractivity contribution in [1.82, 2.24) is 13.2 Å². The molecule has 0 amide bonds. The van der Waals surface area contributed by atoms with Crippen molar-refractivity contribution in [2.75, 3.05) is 0 Å². The second kappa shape index (κ2) is 5.63. The van der Waals surface area contributed by atoms with E-state index < -0.39 is 17.1 Å². The third-order valence-corrected chi connectivity index (χ3v) is 1.50. The van der Waals surface area contributed by atoms with Crippen LogP contribution in [-0.2, 0) is 0 Å². The molecule has 0 spiro atoms. The number of hydrogen-bond donors (Lipinski definition) is 1. The van der Waals surface area contributed by atoms with Gasteiger partial charge in [-0.2, -0.15) is 0 Å². The molecule has 7 nitrogen and oxygen atoms in total. The second-order valence-electron chi connectivity index (χ2n) is 1.58. The SMILES string of the molecule is O.O=c1[nH]c(=O)n(Cl)c(=O)n1Cl.[Na]. The number of nitrogens with zero attached hydrogens (tertiary/aromatic N) is 2. The van der Waals surface area contributed by atoms with Gasteiger partial charge < -0.3 is 5.48 Å². The van der Waals surface area contributed by atoms with Crippen molar-refractivity contribution >= 4 is 53.1 Å². The number of H-pyrrole nitrogens is 1. The largest absolute Gasteiger partial charge is 0.412 e. The maximum Gasteiger partial charge on any atom is 0.366 e. The van der Waals surface area contributed by atoms with Crippen molar-refractivity contribution in [3.63, 3.8) is 0 Å². The minimum Gasteiger partial charge on any atom is -0.412 e. The van der Waals surface area contributed by atoms with Gasteiger partial charge in [-0.25, -0.2) is 14.4 Å². The molecule has 0 saturated carbocycles. The van der Waals surface area contributed by atoms with Crippen LogP contribution in [0, 0.1) is 0 Å². The fraction of sp³-hybridized carbons (Fsp3) is 0. The molecule has 0 saturated heterocycles. The van der Waals surface area contributed by atoms with E-state index in [9.17, 15) is 14.4 Å². The molecule has 10 heteroatoms. The summed E-state index contributed by atoms with van der Waals surface area (Å²) in [6.45, 7) is 0. The molecule has 1 rings (SSSR count). The minimum absolute atomic E-state index is 0. The molecule has 69 valence electrons. The first kappa shape index (κ1) is 15.4. The molecule has 13 heavy (non-hydrogen) atoms. The number of rotatable bonds is 0. The predicted octanol–water partition coefficient (Wildman–Crippen LogP) is -2.50. The number of aromatic nitrogens is 3. The number of nitrogens with one attached hydrogen (secondary N) is 1. The van der Waals surface area contributed by atoms with Gasteiger partial charge in [-0.15, -0.1) is 8.17 Å². The Morgan fingerprint density at radius 1 is 1.00 bits per heavy atom. The van der Waals surface area contributed by atoms with Crippen LogP contribution in [0.2, 0.25) is 0 Å². The summed E-state index contributed by atoms with van der Waals surface area (Å²) in [7, 11) is 0. The molecular formula is C3H3Cl2N3NaO4. The maximum absolute atomic E-state index is 10.7. The summed E-state index contributed by atoms with van der Waals surface area (Å²) in [5.74, 6) is 0. The molecule has 1 radical (unpaired) electrons. The van der Waals surface area contributed by atoms with Gasteiger partial charge in [0.05, 0.1) is 0 Å². The predicted molar refractivity (Wildman–Crippen MR) is 47.5 cm³/mol. The summed E-state index contributed by atoms with van der Waals surface area (Å²) in [4.78, 5) is 33.4. The van der Waals surface area contributed by atoms with Crippen LogP contribution in [0.15, 0.2) is 14.4 Å². The van der Waals surface area contributed by atoms with Crippen molar-refractivity contribution in [3.05, 3.63) is 31.5 Å². The zero-order valence-corrected chi connectivity index (χ0v) is 9.89. The topological polar surface area (TPSA) is 108 Å². The smallest absolute Gasteiger partial charge is 0.366 e.